The van der Waals surface area contributed by atoms with Crippen LogP contribution in [0.4, 0.5) is 5.69 Å². The molecule has 0 aliphatic carbocycles. The van der Waals surface area contributed by atoms with Crippen LogP contribution in [0.2, 0.25) is 0 Å². The summed E-state index contributed by atoms with van der Waals surface area (Å²) in [6.45, 7) is 2.89. The van der Waals surface area contributed by atoms with E-state index in [1.807, 2.05) is 35.2 Å². The molecular weight excluding hydrogens is 234 g/mol. The second-order valence-electron chi connectivity index (χ2n) is 5.01. The third-order valence-corrected chi connectivity index (χ3v) is 3.68. The number of fused-ring (bicyclic) bond motifs is 1. The summed E-state index contributed by atoms with van der Waals surface area (Å²) in [7, 11) is 0. The predicted octanol–water partition coefficient (Wildman–Crippen LogP) is 3.59. The van der Waals surface area contributed by atoms with E-state index in [0.29, 0.717) is 0 Å². The van der Waals surface area contributed by atoms with Crippen LogP contribution < -0.4 is 4.90 Å². The molecule has 0 radical (unpaired) electrons. The van der Waals surface area contributed by atoms with E-state index in [-0.39, 0.29) is 5.91 Å². The van der Waals surface area contributed by atoms with E-state index in [1.165, 1.54) is 11.1 Å². The maximum absolute atomic E-state index is 12.6. The number of anilines is 1. The zero-order valence-corrected chi connectivity index (χ0v) is 11.1. The third-order valence-electron chi connectivity index (χ3n) is 3.68. The van der Waals surface area contributed by atoms with Crippen LogP contribution in [-0.2, 0) is 6.42 Å². The van der Waals surface area contributed by atoms with Gasteiger partial charge in [-0.05, 0) is 43.0 Å². The number of benzene rings is 2. The van der Waals surface area contributed by atoms with Crippen molar-refractivity contribution in [3.05, 3.63) is 65.2 Å². The van der Waals surface area contributed by atoms with Gasteiger partial charge in [-0.15, -0.1) is 0 Å². The molecule has 1 aliphatic rings. The van der Waals surface area contributed by atoms with Crippen LogP contribution in [0, 0.1) is 6.92 Å². The number of carbonyl (C=O) groups excluding carboxylic acids is 1. The lowest BCUT2D eigenvalue weighted by Gasteiger charge is -2.31. The van der Waals surface area contributed by atoms with Gasteiger partial charge in [0.1, 0.15) is 0 Å². The fourth-order valence-electron chi connectivity index (χ4n) is 2.79. The largest absolute Gasteiger partial charge is 0.308 e. The number of carbonyl (C=O) groups is 1. The molecule has 1 heterocycles. The zero-order chi connectivity index (χ0) is 13.2. The molecular formula is C17H17NO. The molecule has 19 heavy (non-hydrogen) atoms. The molecule has 3 rings (SSSR count). The Kier molecular flexibility index (Phi) is 3.08. The standard InChI is InChI=1S/C17H17NO/c1-13-7-5-10-14-11-6-12-18(16(13)14)17(19)15-8-3-2-4-9-15/h2-5,7-10H,6,11-12H2,1H3. The van der Waals surface area contributed by atoms with Crippen molar-refractivity contribution in [2.24, 2.45) is 0 Å². The molecule has 1 amide bonds. The molecule has 1 aliphatic heterocycles. The van der Waals surface area contributed by atoms with Crippen molar-refractivity contribution in [1.29, 1.82) is 0 Å². The summed E-state index contributed by atoms with van der Waals surface area (Å²) < 4.78 is 0. The Hall–Kier alpha value is -2.09. The van der Waals surface area contributed by atoms with E-state index < -0.39 is 0 Å². The fourth-order valence-corrected chi connectivity index (χ4v) is 2.79. The van der Waals surface area contributed by atoms with Gasteiger partial charge in [-0.1, -0.05) is 36.4 Å². The number of hydrogen-bond donors (Lipinski definition) is 0. The Balaban J connectivity index is 2.03. The number of para-hydroxylation sites is 1. The summed E-state index contributed by atoms with van der Waals surface area (Å²) in [6.07, 6.45) is 2.10. The van der Waals surface area contributed by atoms with Gasteiger partial charge in [-0.2, -0.15) is 0 Å². The Morgan fingerprint density at radius 2 is 1.84 bits per heavy atom. The third kappa shape index (κ3) is 2.14. The molecule has 0 fully saturated rings. The molecule has 2 aromatic rings. The minimum atomic E-state index is 0.107. The van der Waals surface area contributed by atoms with E-state index in [4.69, 9.17) is 0 Å². The van der Waals surface area contributed by atoms with E-state index >= 15 is 0 Å². The highest BCUT2D eigenvalue weighted by atomic mass is 16.2. The summed E-state index contributed by atoms with van der Waals surface area (Å²) in [5.74, 6) is 0.107. The smallest absolute Gasteiger partial charge is 0.258 e. The van der Waals surface area contributed by atoms with E-state index in [1.54, 1.807) is 0 Å². The molecule has 0 bridgehead atoms. The lowest BCUT2D eigenvalue weighted by Crippen LogP contribution is -2.36. The Bertz CT molecular complexity index is 604. The quantitative estimate of drug-likeness (QED) is 0.758. The highest BCUT2D eigenvalue weighted by Gasteiger charge is 2.24. The molecule has 0 aromatic heterocycles. The van der Waals surface area contributed by atoms with Gasteiger partial charge in [-0.3, -0.25) is 4.79 Å². The van der Waals surface area contributed by atoms with Crippen LogP contribution >= 0.6 is 0 Å². The highest BCUT2D eigenvalue weighted by molar-refractivity contribution is 6.07. The van der Waals surface area contributed by atoms with Gasteiger partial charge in [0.15, 0.2) is 0 Å². The predicted molar refractivity (Wildman–Crippen MR) is 77.6 cm³/mol. The van der Waals surface area contributed by atoms with E-state index in [2.05, 4.69) is 25.1 Å². The van der Waals surface area contributed by atoms with Crippen molar-refractivity contribution in [1.82, 2.24) is 0 Å². The van der Waals surface area contributed by atoms with Gasteiger partial charge in [-0.25, -0.2) is 0 Å². The Labute approximate surface area is 113 Å². The first-order valence-electron chi connectivity index (χ1n) is 6.73. The monoisotopic (exact) mass is 251 g/mol. The number of hydrogen-bond acceptors (Lipinski definition) is 1. The molecule has 2 heteroatoms. The number of rotatable bonds is 1. The van der Waals surface area contributed by atoms with Crippen LogP contribution in [0.3, 0.4) is 0 Å². The zero-order valence-electron chi connectivity index (χ0n) is 11.1. The maximum atomic E-state index is 12.6. The molecule has 0 spiro atoms. The van der Waals surface area contributed by atoms with Crippen LogP contribution in [-0.4, -0.2) is 12.5 Å². The number of amides is 1. The number of aryl methyl sites for hydroxylation is 2. The lowest BCUT2D eigenvalue weighted by molar-refractivity contribution is 0.0985. The average molecular weight is 251 g/mol. The molecule has 2 aromatic carbocycles. The molecule has 0 unspecified atom stereocenters. The molecule has 96 valence electrons. The van der Waals surface area contributed by atoms with Gasteiger partial charge in [0.2, 0.25) is 0 Å². The van der Waals surface area contributed by atoms with Gasteiger partial charge >= 0.3 is 0 Å². The van der Waals surface area contributed by atoms with Crippen LogP contribution in [0.15, 0.2) is 48.5 Å². The van der Waals surface area contributed by atoms with E-state index in [9.17, 15) is 4.79 Å². The summed E-state index contributed by atoms with van der Waals surface area (Å²) in [6, 6.07) is 15.8. The number of nitrogens with zero attached hydrogens (tertiary/aromatic N) is 1. The summed E-state index contributed by atoms with van der Waals surface area (Å²) in [5, 5.41) is 0. The minimum Gasteiger partial charge on any atom is -0.308 e. The first kappa shape index (κ1) is 12.0. The van der Waals surface area contributed by atoms with Crippen molar-refractivity contribution in [3.63, 3.8) is 0 Å². The fraction of sp³-hybridized carbons (Fsp3) is 0.235. The van der Waals surface area contributed by atoms with Crippen molar-refractivity contribution >= 4 is 11.6 Å². The van der Waals surface area contributed by atoms with Gasteiger partial charge < -0.3 is 4.90 Å². The summed E-state index contributed by atoms with van der Waals surface area (Å²) in [5.41, 5.74) is 4.35. The second kappa shape index (κ2) is 4.88. The maximum Gasteiger partial charge on any atom is 0.258 e. The van der Waals surface area contributed by atoms with Gasteiger partial charge in [0, 0.05) is 12.1 Å². The molecule has 2 nitrogen and oxygen atoms in total. The highest BCUT2D eigenvalue weighted by Crippen LogP contribution is 2.31. The van der Waals surface area contributed by atoms with Crippen molar-refractivity contribution in [2.75, 3.05) is 11.4 Å². The molecule has 0 saturated carbocycles. The van der Waals surface area contributed by atoms with Crippen LogP contribution in [0.1, 0.15) is 27.9 Å². The van der Waals surface area contributed by atoms with Crippen molar-refractivity contribution in [2.45, 2.75) is 19.8 Å². The summed E-state index contributed by atoms with van der Waals surface area (Å²) >= 11 is 0. The SMILES string of the molecule is Cc1cccc2c1N(C(=O)c1ccccc1)CCC2. The lowest BCUT2D eigenvalue weighted by atomic mass is 9.97. The topological polar surface area (TPSA) is 20.3 Å². The van der Waals surface area contributed by atoms with Crippen molar-refractivity contribution < 1.29 is 4.79 Å². The second-order valence-corrected chi connectivity index (χ2v) is 5.01. The van der Waals surface area contributed by atoms with Crippen molar-refractivity contribution in [3.8, 4) is 0 Å². The minimum absolute atomic E-state index is 0.107. The Morgan fingerprint density at radius 3 is 2.63 bits per heavy atom. The molecule has 0 saturated heterocycles. The van der Waals surface area contributed by atoms with E-state index in [0.717, 1.165) is 30.6 Å². The normalized spacial score (nSPS) is 14.1. The molecule has 0 atom stereocenters. The van der Waals surface area contributed by atoms with Gasteiger partial charge in [0.05, 0.1) is 5.69 Å². The summed E-state index contributed by atoms with van der Waals surface area (Å²) in [4.78, 5) is 14.6. The first-order valence-corrected chi connectivity index (χ1v) is 6.73. The van der Waals surface area contributed by atoms with Gasteiger partial charge in [0.25, 0.3) is 5.91 Å². The first-order chi connectivity index (χ1) is 9.27. The average Bonchev–Trinajstić information content (AvgIpc) is 2.47. The van der Waals surface area contributed by atoms with Crippen LogP contribution in [0.5, 0.6) is 0 Å². The molecule has 0 N–H and O–H groups in total. The Morgan fingerprint density at radius 1 is 1.05 bits per heavy atom. The van der Waals surface area contributed by atoms with Crippen LogP contribution in [0.25, 0.3) is 0 Å².